The zero-order valence-electron chi connectivity index (χ0n) is 9.73. The number of aryl methyl sites for hydroxylation is 1. The number of carbonyl (C=O) groups excluding carboxylic acids is 1. The van der Waals surface area contributed by atoms with E-state index >= 15 is 0 Å². The second-order valence-corrected chi connectivity index (χ2v) is 4.43. The number of allylic oxidation sites excluding steroid dienone is 4. The Morgan fingerprint density at radius 3 is 2.50 bits per heavy atom. The first-order valence-electron chi connectivity index (χ1n) is 5.66. The van der Waals surface area contributed by atoms with Crippen molar-refractivity contribution in [1.29, 1.82) is 0 Å². The topological polar surface area (TPSA) is 17.1 Å². The summed E-state index contributed by atoms with van der Waals surface area (Å²) in [6, 6.07) is 7.74. The molecule has 0 heterocycles. The highest BCUT2D eigenvalue weighted by atomic mass is 16.1. The maximum absolute atomic E-state index is 12.1. The van der Waals surface area contributed by atoms with Gasteiger partial charge >= 0.3 is 0 Å². The Morgan fingerprint density at radius 2 is 1.94 bits per heavy atom. The molecule has 0 amide bonds. The Kier molecular flexibility index (Phi) is 3.04. The Bertz CT molecular complexity index is 449. The van der Waals surface area contributed by atoms with Gasteiger partial charge in [-0.15, -0.1) is 0 Å². The molecule has 0 N–H and O–H groups in total. The van der Waals surface area contributed by atoms with E-state index in [0.717, 1.165) is 17.6 Å². The number of hydrogen-bond donors (Lipinski definition) is 0. The van der Waals surface area contributed by atoms with E-state index in [1.165, 1.54) is 5.56 Å². The lowest BCUT2D eigenvalue weighted by molar-refractivity contribution is 0.103. The van der Waals surface area contributed by atoms with Gasteiger partial charge in [-0.05, 0) is 19.3 Å². The van der Waals surface area contributed by atoms with E-state index in [-0.39, 0.29) is 5.78 Å². The fourth-order valence-electron chi connectivity index (χ4n) is 1.77. The first-order valence-corrected chi connectivity index (χ1v) is 5.66. The molecule has 1 heteroatoms. The van der Waals surface area contributed by atoms with Crippen molar-refractivity contribution in [3.05, 3.63) is 59.2 Å². The van der Waals surface area contributed by atoms with Crippen LogP contribution in [-0.2, 0) is 0 Å². The summed E-state index contributed by atoms with van der Waals surface area (Å²) in [5.74, 6) is 0.678. The molecule has 0 aliphatic heterocycles. The van der Waals surface area contributed by atoms with Crippen LogP contribution in [0.1, 0.15) is 29.3 Å². The van der Waals surface area contributed by atoms with Gasteiger partial charge in [-0.2, -0.15) is 0 Å². The molecule has 0 spiro atoms. The molecule has 1 nitrogen and oxygen atoms in total. The molecule has 0 saturated heterocycles. The number of rotatable bonds is 2. The van der Waals surface area contributed by atoms with Crippen LogP contribution in [-0.4, -0.2) is 5.78 Å². The molecule has 1 aliphatic rings. The van der Waals surface area contributed by atoms with E-state index in [9.17, 15) is 4.79 Å². The number of ketones is 1. The quantitative estimate of drug-likeness (QED) is 0.683. The van der Waals surface area contributed by atoms with Gasteiger partial charge in [-0.1, -0.05) is 55.0 Å². The lowest BCUT2D eigenvalue weighted by Gasteiger charge is -2.10. The van der Waals surface area contributed by atoms with E-state index in [1.54, 1.807) is 0 Å². The first kappa shape index (κ1) is 10.9. The molecule has 1 aromatic rings. The van der Waals surface area contributed by atoms with Gasteiger partial charge in [0.15, 0.2) is 5.78 Å². The van der Waals surface area contributed by atoms with Crippen LogP contribution in [0.5, 0.6) is 0 Å². The number of benzene rings is 1. The van der Waals surface area contributed by atoms with Gasteiger partial charge in [-0.3, -0.25) is 4.79 Å². The van der Waals surface area contributed by atoms with Gasteiger partial charge in [0.2, 0.25) is 0 Å². The first-order chi connectivity index (χ1) is 7.66. The summed E-state index contributed by atoms with van der Waals surface area (Å²) in [5, 5.41) is 0. The number of carbonyl (C=O) groups is 1. The van der Waals surface area contributed by atoms with Crippen LogP contribution in [0.25, 0.3) is 0 Å². The van der Waals surface area contributed by atoms with E-state index in [1.807, 2.05) is 43.3 Å². The van der Waals surface area contributed by atoms with Gasteiger partial charge in [0.25, 0.3) is 0 Å². The van der Waals surface area contributed by atoms with Crippen LogP contribution in [0.3, 0.4) is 0 Å². The highest BCUT2D eigenvalue weighted by molar-refractivity contribution is 6.10. The van der Waals surface area contributed by atoms with Crippen LogP contribution in [0.15, 0.2) is 48.1 Å². The SMILES string of the molecule is Cc1ccc(C(=O)C2=CCC(C)C=C2)cc1. The molecule has 0 bridgehead atoms. The van der Waals surface area contributed by atoms with Crippen molar-refractivity contribution in [1.82, 2.24) is 0 Å². The maximum atomic E-state index is 12.1. The molecule has 16 heavy (non-hydrogen) atoms. The number of Topliss-reactive ketones (excluding diaryl/α,β-unsaturated/α-hetero) is 1. The minimum absolute atomic E-state index is 0.128. The van der Waals surface area contributed by atoms with Gasteiger partial charge in [0.1, 0.15) is 0 Å². The predicted octanol–water partition coefficient (Wildman–Crippen LogP) is 3.70. The highest BCUT2D eigenvalue weighted by Crippen LogP contribution is 2.19. The second-order valence-electron chi connectivity index (χ2n) is 4.43. The van der Waals surface area contributed by atoms with Crippen LogP contribution >= 0.6 is 0 Å². The van der Waals surface area contributed by atoms with Crippen molar-refractivity contribution >= 4 is 5.78 Å². The Hall–Kier alpha value is -1.63. The molecule has 1 aliphatic carbocycles. The fraction of sp³-hybridized carbons (Fsp3) is 0.267. The molecule has 1 unspecified atom stereocenters. The molecule has 82 valence electrons. The van der Waals surface area contributed by atoms with Crippen LogP contribution in [0.2, 0.25) is 0 Å². The van der Waals surface area contributed by atoms with Crippen LogP contribution in [0.4, 0.5) is 0 Å². The number of hydrogen-bond acceptors (Lipinski definition) is 1. The average Bonchev–Trinajstić information content (AvgIpc) is 2.30. The van der Waals surface area contributed by atoms with Crippen LogP contribution < -0.4 is 0 Å². The van der Waals surface area contributed by atoms with Crippen molar-refractivity contribution in [2.24, 2.45) is 5.92 Å². The normalized spacial score (nSPS) is 19.4. The molecule has 1 atom stereocenters. The molecule has 0 fully saturated rings. The van der Waals surface area contributed by atoms with Crippen molar-refractivity contribution < 1.29 is 4.79 Å². The van der Waals surface area contributed by atoms with Crippen molar-refractivity contribution in [2.75, 3.05) is 0 Å². The second kappa shape index (κ2) is 4.48. The molecule has 1 aromatic carbocycles. The third kappa shape index (κ3) is 2.30. The molecule has 0 radical (unpaired) electrons. The van der Waals surface area contributed by atoms with E-state index in [0.29, 0.717) is 5.92 Å². The maximum Gasteiger partial charge on any atom is 0.192 e. The van der Waals surface area contributed by atoms with E-state index in [2.05, 4.69) is 13.0 Å². The van der Waals surface area contributed by atoms with Gasteiger partial charge < -0.3 is 0 Å². The largest absolute Gasteiger partial charge is 0.289 e. The highest BCUT2D eigenvalue weighted by Gasteiger charge is 2.12. The lowest BCUT2D eigenvalue weighted by Crippen LogP contribution is -2.05. The molecule has 0 saturated carbocycles. The summed E-state index contributed by atoms with van der Waals surface area (Å²) < 4.78 is 0. The zero-order chi connectivity index (χ0) is 11.5. The summed E-state index contributed by atoms with van der Waals surface area (Å²) in [6.07, 6.45) is 7.04. The van der Waals surface area contributed by atoms with Gasteiger partial charge in [0.05, 0.1) is 0 Å². The molecular weight excluding hydrogens is 196 g/mol. The molecular formula is C15H16O. The molecule has 0 aromatic heterocycles. The monoisotopic (exact) mass is 212 g/mol. The Morgan fingerprint density at radius 1 is 1.25 bits per heavy atom. The van der Waals surface area contributed by atoms with E-state index in [4.69, 9.17) is 0 Å². The Labute approximate surface area is 96.5 Å². The summed E-state index contributed by atoms with van der Waals surface area (Å²) in [7, 11) is 0. The Balaban J connectivity index is 2.20. The van der Waals surface area contributed by atoms with Gasteiger partial charge in [-0.25, -0.2) is 0 Å². The molecule has 2 rings (SSSR count). The summed E-state index contributed by atoms with van der Waals surface area (Å²) in [6.45, 7) is 4.18. The summed E-state index contributed by atoms with van der Waals surface area (Å²) >= 11 is 0. The lowest BCUT2D eigenvalue weighted by atomic mass is 9.93. The fourth-order valence-corrected chi connectivity index (χ4v) is 1.77. The third-order valence-corrected chi connectivity index (χ3v) is 2.89. The smallest absolute Gasteiger partial charge is 0.192 e. The predicted molar refractivity (Wildman–Crippen MR) is 66.5 cm³/mol. The van der Waals surface area contributed by atoms with Crippen molar-refractivity contribution in [3.63, 3.8) is 0 Å². The zero-order valence-corrected chi connectivity index (χ0v) is 9.73. The summed E-state index contributed by atoms with van der Waals surface area (Å²) in [5.41, 5.74) is 2.77. The van der Waals surface area contributed by atoms with Crippen molar-refractivity contribution in [3.8, 4) is 0 Å². The standard InChI is InChI=1S/C15H16O/c1-11-3-7-13(8-4-11)15(16)14-9-5-12(2)6-10-14/h3-5,7-10,12H,6H2,1-2H3. The van der Waals surface area contributed by atoms with Gasteiger partial charge in [0, 0.05) is 11.1 Å². The van der Waals surface area contributed by atoms with Crippen LogP contribution in [0, 0.1) is 12.8 Å². The third-order valence-electron chi connectivity index (χ3n) is 2.89. The minimum Gasteiger partial charge on any atom is -0.289 e. The average molecular weight is 212 g/mol. The van der Waals surface area contributed by atoms with Crippen molar-refractivity contribution in [2.45, 2.75) is 20.3 Å². The minimum atomic E-state index is 0.128. The summed E-state index contributed by atoms with van der Waals surface area (Å²) in [4.78, 5) is 12.1. The van der Waals surface area contributed by atoms with E-state index < -0.39 is 0 Å².